The fourth-order valence-electron chi connectivity index (χ4n) is 10.2. The third-order valence-electron chi connectivity index (χ3n) is 12.6. The van der Waals surface area contributed by atoms with E-state index in [-0.39, 0.29) is 0 Å². The fourth-order valence-corrected chi connectivity index (χ4v) is 11.4. The van der Waals surface area contributed by atoms with Crippen LogP contribution in [0.3, 0.4) is 0 Å². The minimum atomic E-state index is 0.659. The van der Waals surface area contributed by atoms with E-state index >= 15 is 0 Å². The molecule has 5 aromatic heterocycles. The molecule has 5 heteroatoms. The summed E-state index contributed by atoms with van der Waals surface area (Å²) in [6.45, 7) is 0. The molecule has 0 N–H and O–H groups in total. The van der Waals surface area contributed by atoms with Gasteiger partial charge in [-0.25, -0.2) is 9.97 Å². The van der Waals surface area contributed by atoms with E-state index in [1.807, 2.05) is 11.3 Å². The van der Waals surface area contributed by atoms with Crippen LogP contribution in [0.2, 0.25) is 0 Å². The van der Waals surface area contributed by atoms with Gasteiger partial charge in [0.15, 0.2) is 0 Å². The molecule has 272 valence electrons. The van der Waals surface area contributed by atoms with Gasteiger partial charge in [-0.2, -0.15) is 0 Å². The minimum absolute atomic E-state index is 0.659. The number of hydrogen-bond acceptors (Lipinski definition) is 3. The lowest BCUT2D eigenvalue weighted by molar-refractivity contribution is 1.02. The molecule has 9 aromatic carbocycles. The van der Waals surface area contributed by atoms with Crippen molar-refractivity contribution in [3.05, 3.63) is 182 Å². The smallest absolute Gasteiger partial charge is 0.235 e. The average molecular weight is 767 g/mol. The van der Waals surface area contributed by atoms with Gasteiger partial charge in [-0.05, 0) is 52.2 Å². The summed E-state index contributed by atoms with van der Waals surface area (Å²) < 4.78 is 7.45. The second-order valence-electron chi connectivity index (χ2n) is 15.6. The van der Waals surface area contributed by atoms with Gasteiger partial charge in [0, 0.05) is 63.4 Å². The van der Waals surface area contributed by atoms with Crippen molar-refractivity contribution in [3.8, 4) is 28.3 Å². The molecular weight excluding hydrogens is 737 g/mol. The first-order valence-electron chi connectivity index (χ1n) is 20.1. The van der Waals surface area contributed by atoms with E-state index < -0.39 is 0 Å². The Bertz CT molecular complexity index is 4080. The summed E-state index contributed by atoms with van der Waals surface area (Å²) in [6, 6.07) is 66.1. The second kappa shape index (κ2) is 11.5. The molecule has 0 aliphatic carbocycles. The van der Waals surface area contributed by atoms with Crippen molar-refractivity contribution in [2.45, 2.75) is 0 Å². The summed E-state index contributed by atoms with van der Waals surface area (Å²) in [5.41, 5.74) is 11.1. The van der Waals surface area contributed by atoms with E-state index in [2.05, 4.69) is 191 Å². The third-order valence-corrected chi connectivity index (χ3v) is 13.8. The number of aromatic nitrogens is 4. The maximum atomic E-state index is 5.70. The van der Waals surface area contributed by atoms with E-state index in [9.17, 15) is 0 Å². The van der Waals surface area contributed by atoms with E-state index in [4.69, 9.17) is 9.97 Å². The highest BCUT2D eigenvalue weighted by molar-refractivity contribution is 7.26. The van der Waals surface area contributed by atoms with Crippen LogP contribution in [0.5, 0.6) is 0 Å². The first kappa shape index (κ1) is 31.5. The fraction of sp³-hybridized carbons (Fsp3) is 0. The van der Waals surface area contributed by atoms with Gasteiger partial charge in [0.1, 0.15) is 0 Å². The summed E-state index contributed by atoms with van der Waals surface area (Å²) >= 11 is 1.86. The summed E-state index contributed by atoms with van der Waals surface area (Å²) in [5, 5.41) is 13.3. The predicted octanol–water partition coefficient (Wildman–Crippen LogP) is 14.7. The van der Waals surface area contributed by atoms with Crippen molar-refractivity contribution in [3.63, 3.8) is 0 Å². The van der Waals surface area contributed by atoms with Crippen LogP contribution < -0.4 is 0 Å². The zero-order valence-corrected chi connectivity index (χ0v) is 32.3. The van der Waals surface area contributed by atoms with Gasteiger partial charge in [-0.3, -0.25) is 4.57 Å². The number of thiophene rings is 1. The van der Waals surface area contributed by atoms with Gasteiger partial charge in [-0.15, -0.1) is 11.3 Å². The average Bonchev–Trinajstić information content (AvgIpc) is 3.93. The molecule has 0 aliphatic heterocycles. The molecule has 0 bridgehead atoms. The lowest BCUT2D eigenvalue weighted by Crippen LogP contribution is -2.04. The Morgan fingerprint density at radius 1 is 0.390 bits per heavy atom. The lowest BCUT2D eigenvalue weighted by Gasteiger charge is -2.16. The highest BCUT2D eigenvalue weighted by atomic mass is 32.1. The van der Waals surface area contributed by atoms with Crippen LogP contribution in [-0.4, -0.2) is 18.9 Å². The van der Waals surface area contributed by atoms with E-state index in [1.54, 1.807) is 0 Å². The van der Waals surface area contributed by atoms with Crippen molar-refractivity contribution >= 4 is 113 Å². The molecule has 0 saturated heterocycles. The van der Waals surface area contributed by atoms with Crippen LogP contribution in [0.15, 0.2) is 182 Å². The molecule has 14 rings (SSSR count). The van der Waals surface area contributed by atoms with Gasteiger partial charge < -0.3 is 4.40 Å². The maximum absolute atomic E-state index is 5.70. The number of nitrogens with zero attached hydrogens (tertiary/aromatic N) is 4. The molecule has 0 aliphatic rings. The van der Waals surface area contributed by atoms with Gasteiger partial charge in [0.2, 0.25) is 5.95 Å². The highest BCUT2D eigenvalue weighted by Gasteiger charge is 2.27. The summed E-state index contributed by atoms with van der Waals surface area (Å²) in [7, 11) is 0. The van der Waals surface area contributed by atoms with Crippen LogP contribution in [0, 0.1) is 0 Å². The molecule has 0 unspecified atom stereocenters. The van der Waals surface area contributed by atoms with Crippen molar-refractivity contribution in [2.24, 2.45) is 0 Å². The van der Waals surface area contributed by atoms with Gasteiger partial charge >= 0.3 is 0 Å². The van der Waals surface area contributed by atoms with Crippen LogP contribution in [0.4, 0.5) is 0 Å². The number of hydrogen-bond donors (Lipinski definition) is 0. The second-order valence-corrected chi connectivity index (χ2v) is 16.7. The Morgan fingerprint density at radius 2 is 1.07 bits per heavy atom. The summed E-state index contributed by atoms with van der Waals surface area (Å²) in [5.74, 6) is 0.659. The molecule has 0 spiro atoms. The molecule has 0 saturated carbocycles. The summed E-state index contributed by atoms with van der Waals surface area (Å²) in [6.07, 6.45) is 0. The van der Waals surface area contributed by atoms with Crippen LogP contribution in [0.25, 0.3) is 130 Å². The van der Waals surface area contributed by atoms with Crippen molar-refractivity contribution in [1.82, 2.24) is 18.9 Å². The zero-order chi connectivity index (χ0) is 38.3. The zero-order valence-electron chi connectivity index (χ0n) is 31.5. The first-order valence-corrected chi connectivity index (χ1v) is 20.9. The molecule has 5 heterocycles. The van der Waals surface area contributed by atoms with Crippen LogP contribution in [0.1, 0.15) is 0 Å². The molecule has 4 nitrogen and oxygen atoms in total. The Kier molecular flexibility index (Phi) is 6.14. The van der Waals surface area contributed by atoms with E-state index in [0.717, 1.165) is 55.1 Å². The minimum Gasteiger partial charge on any atom is -0.307 e. The predicted molar refractivity (Wildman–Crippen MR) is 250 cm³/mol. The molecule has 14 aromatic rings. The lowest BCUT2D eigenvalue weighted by atomic mass is 9.95. The van der Waals surface area contributed by atoms with Crippen molar-refractivity contribution in [2.75, 3.05) is 0 Å². The van der Waals surface area contributed by atoms with Crippen molar-refractivity contribution < 1.29 is 0 Å². The number of benzene rings is 9. The normalized spacial score (nSPS) is 12.4. The standard InChI is InChI=1S/C54H30N4S/c1-2-14-31(15-3-1)33-17-6-7-20-37(33)51-41-29-28-32-16-4-5-18-34(32)50(41)55-54(56-51)57-43-26-13-22-36-39-24-12-23-38-35-19-8-10-25-42(35)58(52(38)39)53-48-40-21-9-11-27-45(40)59-46(48)30-44(57)49(53)47(36)43/h1-30H. The Morgan fingerprint density at radius 3 is 1.97 bits per heavy atom. The number of para-hydroxylation sites is 2. The molecule has 0 amide bonds. The monoisotopic (exact) mass is 766 g/mol. The summed E-state index contributed by atoms with van der Waals surface area (Å²) in [4.78, 5) is 11.3. The molecule has 0 fully saturated rings. The van der Waals surface area contributed by atoms with E-state index in [1.165, 1.54) is 69.0 Å². The Labute approximate surface area is 340 Å². The van der Waals surface area contributed by atoms with Crippen molar-refractivity contribution in [1.29, 1.82) is 0 Å². The van der Waals surface area contributed by atoms with Gasteiger partial charge in [0.25, 0.3) is 0 Å². The SMILES string of the molecule is c1ccc(-c2ccccc2-c2nc(-n3c4cccc5c6cccc7c8ccccc8n(c67)c6c7c(cc3c6c54)sc3ccccc37)nc3c2ccc2ccccc23)cc1. The van der Waals surface area contributed by atoms with Gasteiger partial charge in [-0.1, -0.05) is 152 Å². The number of fused-ring (bicyclic) bond motifs is 12. The first-order chi connectivity index (χ1) is 29.3. The molecule has 59 heavy (non-hydrogen) atoms. The molecular formula is C54H30N4S. The third kappa shape index (κ3) is 4.11. The van der Waals surface area contributed by atoms with Crippen LogP contribution in [-0.2, 0) is 0 Å². The Hall–Kier alpha value is -7.60. The maximum Gasteiger partial charge on any atom is 0.235 e. The Balaban J connectivity index is 1.24. The highest BCUT2D eigenvalue weighted by Crippen LogP contribution is 2.49. The largest absolute Gasteiger partial charge is 0.307 e. The van der Waals surface area contributed by atoms with Gasteiger partial charge in [0.05, 0.1) is 38.8 Å². The molecule has 0 atom stereocenters. The van der Waals surface area contributed by atoms with E-state index in [0.29, 0.717) is 5.95 Å². The topological polar surface area (TPSA) is 35.1 Å². The van der Waals surface area contributed by atoms with Crippen LogP contribution >= 0.6 is 11.3 Å². The number of rotatable bonds is 3. The molecule has 0 radical (unpaired) electrons. The quantitative estimate of drug-likeness (QED) is 0.168.